The molecule has 1 aromatic rings. The van der Waals surface area contributed by atoms with Gasteiger partial charge >= 0.3 is 0 Å². The first-order chi connectivity index (χ1) is 13.0. The average molecular weight is 387 g/mol. The zero-order chi connectivity index (χ0) is 18.9. The molecule has 4 rings (SSSR count). The molecule has 3 aliphatic rings. The molecule has 4 nitrogen and oxygen atoms in total. The summed E-state index contributed by atoms with van der Waals surface area (Å²) in [5.74, 6) is 0.327. The monoisotopic (exact) mass is 386 g/mol. The van der Waals surface area contributed by atoms with Gasteiger partial charge in [0.2, 0.25) is 11.8 Å². The predicted molar refractivity (Wildman–Crippen MR) is 109 cm³/mol. The quantitative estimate of drug-likeness (QED) is 0.789. The molecule has 2 heterocycles. The molecule has 0 bridgehead atoms. The number of thioether (sulfide) groups is 1. The van der Waals surface area contributed by atoms with Crippen LogP contribution >= 0.6 is 11.8 Å². The molecule has 0 atom stereocenters. The topological polar surface area (TPSA) is 40.6 Å². The van der Waals surface area contributed by atoms with E-state index in [1.165, 1.54) is 23.3 Å². The molecule has 2 amide bonds. The summed E-state index contributed by atoms with van der Waals surface area (Å²) in [5, 5.41) is 0.574. The van der Waals surface area contributed by atoms with Crippen molar-refractivity contribution in [1.29, 1.82) is 0 Å². The highest BCUT2D eigenvalue weighted by molar-refractivity contribution is 8.00. The number of hydrogen-bond acceptors (Lipinski definition) is 3. The van der Waals surface area contributed by atoms with Gasteiger partial charge in [0.25, 0.3) is 0 Å². The number of carbonyl (C=O) groups is 2. The van der Waals surface area contributed by atoms with Gasteiger partial charge in [0, 0.05) is 36.2 Å². The number of aryl methyl sites for hydroxylation is 1. The first-order valence-corrected chi connectivity index (χ1v) is 11.2. The van der Waals surface area contributed by atoms with Crippen LogP contribution in [0.1, 0.15) is 50.5 Å². The Balaban J connectivity index is 1.26. The standard InChI is InChI=1S/C22H30N2O2S/c1-17-6-2-3-7-19(17)27-18-8-12-23(13-9-18)21(26)15-24-16-22(14-20(24)25)10-4-5-11-22/h2-3,6-7,18H,4-5,8-16H2,1H3. The fourth-order valence-corrected chi connectivity index (χ4v) is 6.16. The minimum absolute atomic E-state index is 0.137. The summed E-state index contributed by atoms with van der Waals surface area (Å²) in [5.41, 5.74) is 1.52. The molecule has 27 heavy (non-hydrogen) atoms. The maximum absolute atomic E-state index is 12.7. The number of likely N-dealkylation sites (tertiary alicyclic amines) is 2. The number of rotatable bonds is 4. The van der Waals surface area contributed by atoms with Crippen molar-refractivity contribution >= 4 is 23.6 Å². The van der Waals surface area contributed by atoms with E-state index in [0.29, 0.717) is 11.7 Å². The summed E-state index contributed by atoms with van der Waals surface area (Å²) in [4.78, 5) is 30.3. The molecule has 0 radical (unpaired) electrons. The second-order valence-electron chi connectivity index (χ2n) is 8.60. The van der Waals surface area contributed by atoms with Gasteiger partial charge < -0.3 is 9.80 Å². The predicted octanol–water partition coefficient (Wildman–Crippen LogP) is 3.87. The van der Waals surface area contributed by atoms with E-state index in [2.05, 4.69) is 31.2 Å². The molecule has 3 fully saturated rings. The Hall–Kier alpha value is -1.49. The number of piperidine rings is 1. The number of amides is 2. The second-order valence-corrected chi connectivity index (χ2v) is 9.94. The number of carbonyl (C=O) groups excluding carboxylic acids is 2. The van der Waals surface area contributed by atoms with E-state index < -0.39 is 0 Å². The van der Waals surface area contributed by atoms with Crippen molar-refractivity contribution in [2.45, 2.75) is 62.0 Å². The molecule has 1 saturated carbocycles. The van der Waals surface area contributed by atoms with E-state index in [-0.39, 0.29) is 23.8 Å². The highest BCUT2D eigenvalue weighted by Gasteiger charge is 2.45. The maximum Gasteiger partial charge on any atom is 0.242 e. The summed E-state index contributed by atoms with van der Waals surface area (Å²) >= 11 is 1.95. The molecule has 0 N–H and O–H groups in total. The van der Waals surface area contributed by atoms with E-state index in [4.69, 9.17) is 0 Å². The van der Waals surface area contributed by atoms with Gasteiger partial charge in [0.05, 0.1) is 6.54 Å². The Kier molecular flexibility index (Phi) is 5.49. The largest absolute Gasteiger partial charge is 0.341 e. The van der Waals surface area contributed by atoms with Gasteiger partial charge in [-0.15, -0.1) is 11.8 Å². The Bertz CT molecular complexity index is 706. The van der Waals surface area contributed by atoms with Crippen molar-refractivity contribution in [3.63, 3.8) is 0 Å². The van der Waals surface area contributed by atoms with Crippen molar-refractivity contribution in [2.24, 2.45) is 5.41 Å². The van der Waals surface area contributed by atoms with E-state index in [9.17, 15) is 9.59 Å². The zero-order valence-electron chi connectivity index (χ0n) is 16.3. The Labute approximate surface area is 166 Å². The van der Waals surface area contributed by atoms with Gasteiger partial charge in [-0.1, -0.05) is 31.0 Å². The molecule has 2 saturated heterocycles. The lowest BCUT2D eigenvalue weighted by molar-refractivity contribution is -0.138. The third kappa shape index (κ3) is 4.18. The first kappa shape index (κ1) is 18.9. The molecule has 1 aliphatic carbocycles. The second kappa shape index (κ2) is 7.86. The van der Waals surface area contributed by atoms with Gasteiger partial charge in [0.15, 0.2) is 0 Å². The average Bonchev–Trinajstić information content (AvgIpc) is 3.24. The zero-order valence-corrected chi connectivity index (χ0v) is 17.1. The van der Waals surface area contributed by atoms with Crippen LogP contribution in [0.3, 0.4) is 0 Å². The van der Waals surface area contributed by atoms with Gasteiger partial charge in [-0.25, -0.2) is 0 Å². The van der Waals surface area contributed by atoms with Crippen molar-refractivity contribution in [3.8, 4) is 0 Å². The van der Waals surface area contributed by atoms with E-state index in [1.807, 2.05) is 21.6 Å². The highest BCUT2D eigenvalue weighted by atomic mass is 32.2. The molecule has 0 unspecified atom stereocenters. The van der Waals surface area contributed by atoms with Crippen molar-refractivity contribution in [1.82, 2.24) is 9.80 Å². The summed E-state index contributed by atoms with van der Waals surface area (Å²) in [7, 11) is 0. The van der Waals surface area contributed by atoms with Crippen LogP contribution in [-0.4, -0.2) is 53.0 Å². The number of nitrogens with zero attached hydrogens (tertiary/aromatic N) is 2. The van der Waals surface area contributed by atoms with Crippen molar-refractivity contribution in [2.75, 3.05) is 26.2 Å². The molecule has 5 heteroatoms. The minimum Gasteiger partial charge on any atom is -0.341 e. The van der Waals surface area contributed by atoms with Crippen LogP contribution in [0.4, 0.5) is 0 Å². The molecule has 2 aliphatic heterocycles. The van der Waals surface area contributed by atoms with Crippen LogP contribution in [0, 0.1) is 12.3 Å². The SMILES string of the molecule is Cc1ccccc1SC1CCN(C(=O)CN2CC3(CCCC3)CC2=O)CC1. The molecular formula is C22H30N2O2S. The van der Waals surface area contributed by atoms with Gasteiger partial charge in [-0.05, 0) is 49.7 Å². The lowest BCUT2D eigenvalue weighted by Crippen LogP contribution is -2.45. The van der Waals surface area contributed by atoms with Crippen molar-refractivity contribution < 1.29 is 9.59 Å². The van der Waals surface area contributed by atoms with Gasteiger partial charge in [-0.2, -0.15) is 0 Å². The Morgan fingerprint density at radius 3 is 2.59 bits per heavy atom. The van der Waals surface area contributed by atoms with Crippen LogP contribution < -0.4 is 0 Å². The molecule has 1 spiro atoms. The van der Waals surface area contributed by atoms with Crippen LogP contribution in [-0.2, 0) is 9.59 Å². The molecular weight excluding hydrogens is 356 g/mol. The first-order valence-electron chi connectivity index (χ1n) is 10.3. The smallest absolute Gasteiger partial charge is 0.242 e. The normalized spacial score (nSPS) is 22.8. The molecule has 0 aromatic heterocycles. The summed E-state index contributed by atoms with van der Waals surface area (Å²) in [6.07, 6.45) is 7.51. The number of benzene rings is 1. The fraction of sp³-hybridized carbons (Fsp3) is 0.636. The lowest BCUT2D eigenvalue weighted by atomic mass is 9.85. The third-order valence-corrected chi connectivity index (χ3v) is 8.09. The van der Waals surface area contributed by atoms with E-state index >= 15 is 0 Å². The maximum atomic E-state index is 12.7. The van der Waals surface area contributed by atoms with Crippen LogP contribution in [0.15, 0.2) is 29.2 Å². The van der Waals surface area contributed by atoms with Crippen molar-refractivity contribution in [3.05, 3.63) is 29.8 Å². The Morgan fingerprint density at radius 2 is 1.89 bits per heavy atom. The van der Waals surface area contributed by atoms with E-state index in [0.717, 1.165) is 45.3 Å². The summed E-state index contributed by atoms with van der Waals surface area (Å²) in [6.45, 7) is 4.88. The molecule has 146 valence electrons. The summed E-state index contributed by atoms with van der Waals surface area (Å²) < 4.78 is 0. The van der Waals surface area contributed by atoms with Crippen LogP contribution in [0.25, 0.3) is 0 Å². The van der Waals surface area contributed by atoms with Crippen LogP contribution in [0.2, 0.25) is 0 Å². The van der Waals surface area contributed by atoms with Gasteiger partial charge in [0.1, 0.15) is 0 Å². The van der Waals surface area contributed by atoms with Gasteiger partial charge in [-0.3, -0.25) is 9.59 Å². The Morgan fingerprint density at radius 1 is 1.19 bits per heavy atom. The number of hydrogen-bond donors (Lipinski definition) is 0. The van der Waals surface area contributed by atoms with E-state index in [1.54, 1.807) is 0 Å². The minimum atomic E-state index is 0.137. The summed E-state index contributed by atoms with van der Waals surface area (Å²) in [6, 6.07) is 8.52. The van der Waals surface area contributed by atoms with Crippen LogP contribution in [0.5, 0.6) is 0 Å². The fourth-order valence-electron chi connectivity index (χ4n) is 4.94. The molecule has 1 aromatic carbocycles. The lowest BCUT2D eigenvalue weighted by Gasteiger charge is -2.33. The highest BCUT2D eigenvalue weighted by Crippen LogP contribution is 2.45. The third-order valence-electron chi connectivity index (χ3n) is 6.58.